The van der Waals surface area contributed by atoms with Gasteiger partial charge in [0.25, 0.3) is 10.0 Å². The van der Waals surface area contributed by atoms with Gasteiger partial charge in [-0.25, -0.2) is 17.4 Å². The second-order valence-electron chi connectivity index (χ2n) is 6.61. The number of aliphatic hydroxyl groups excluding tert-OH is 1. The Morgan fingerprint density at radius 1 is 1.26 bits per heavy atom. The summed E-state index contributed by atoms with van der Waals surface area (Å²) in [5.74, 6) is 0. The van der Waals surface area contributed by atoms with Crippen LogP contribution in [-0.2, 0) is 10.0 Å². The van der Waals surface area contributed by atoms with Crippen LogP contribution in [0.3, 0.4) is 0 Å². The van der Waals surface area contributed by atoms with Gasteiger partial charge in [-0.3, -0.25) is 10.1 Å². The highest BCUT2D eigenvalue weighted by Gasteiger charge is 2.28. The summed E-state index contributed by atoms with van der Waals surface area (Å²) in [6.07, 6.45) is 2.32. The van der Waals surface area contributed by atoms with E-state index in [-0.39, 0.29) is 33.9 Å². The van der Waals surface area contributed by atoms with E-state index in [1.165, 1.54) is 24.4 Å². The second kappa shape index (κ2) is 6.63. The Bertz CT molecular complexity index is 1110. The number of rotatable bonds is 6. The molecular weight excluding hydrogens is 372 g/mol. The number of anilines is 1. The first-order chi connectivity index (χ1) is 12.7. The molecule has 0 fully saturated rings. The first-order valence-electron chi connectivity index (χ1n) is 8.01. The minimum absolute atomic E-state index is 0.0562. The largest absolute Gasteiger partial charge is 0.394 e. The van der Waals surface area contributed by atoms with Crippen molar-refractivity contribution in [3.05, 3.63) is 58.9 Å². The van der Waals surface area contributed by atoms with Gasteiger partial charge in [-0.15, -0.1) is 0 Å². The standard InChI is InChI=1S/C17H18N4O5S/c1-17(2,11-22)19-15-13-8-9-20(16(13)18-10-14(15)21(23)24)27(25,26)12-6-4-3-5-7-12/h3-10,22H,11H2,1-2H3,(H,18,19). The van der Waals surface area contributed by atoms with E-state index < -0.39 is 20.5 Å². The Morgan fingerprint density at radius 2 is 1.93 bits per heavy atom. The van der Waals surface area contributed by atoms with Gasteiger partial charge in [0.05, 0.1) is 27.4 Å². The molecule has 0 atom stereocenters. The van der Waals surface area contributed by atoms with Crippen LogP contribution in [-0.4, -0.2) is 39.5 Å². The Balaban J connectivity index is 2.25. The molecule has 1 aromatic carbocycles. The molecule has 0 aliphatic rings. The zero-order valence-corrected chi connectivity index (χ0v) is 15.5. The molecule has 0 amide bonds. The van der Waals surface area contributed by atoms with Crippen LogP contribution in [0.2, 0.25) is 0 Å². The molecule has 0 spiro atoms. The number of hydrogen-bond donors (Lipinski definition) is 2. The third-order valence-corrected chi connectivity index (χ3v) is 5.70. The summed E-state index contributed by atoms with van der Waals surface area (Å²) < 4.78 is 26.8. The van der Waals surface area contributed by atoms with E-state index in [9.17, 15) is 23.6 Å². The molecule has 0 bridgehead atoms. The summed E-state index contributed by atoms with van der Waals surface area (Å²) in [6.45, 7) is 3.05. The molecule has 0 saturated heterocycles. The first-order valence-corrected chi connectivity index (χ1v) is 9.45. The van der Waals surface area contributed by atoms with Gasteiger partial charge >= 0.3 is 5.69 Å². The first kappa shape index (κ1) is 18.8. The zero-order chi connectivity index (χ0) is 19.8. The van der Waals surface area contributed by atoms with Crippen LogP contribution in [0, 0.1) is 10.1 Å². The van der Waals surface area contributed by atoms with Crippen LogP contribution >= 0.6 is 0 Å². The van der Waals surface area contributed by atoms with E-state index >= 15 is 0 Å². The molecule has 142 valence electrons. The number of fused-ring (bicyclic) bond motifs is 1. The monoisotopic (exact) mass is 390 g/mol. The van der Waals surface area contributed by atoms with Crippen LogP contribution in [0.15, 0.2) is 53.7 Å². The minimum atomic E-state index is -3.91. The van der Waals surface area contributed by atoms with Crippen molar-refractivity contribution in [2.24, 2.45) is 0 Å². The summed E-state index contributed by atoms with van der Waals surface area (Å²) in [5, 5.41) is 24.1. The number of benzene rings is 1. The van der Waals surface area contributed by atoms with E-state index in [0.717, 1.165) is 10.2 Å². The van der Waals surface area contributed by atoms with E-state index in [2.05, 4.69) is 10.3 Å². The van der Waals surface area contributed by atoms with Crippen molar-refractivity contribution < 1.29 is 18.4 Å². The highest BCUT2D eigenvalue weighted by Crippen LogP contribution is 2.35. The third-order valence-electron chi connectivity index (χ3n) is 4.02. The Kier molecular flexibility index (Phi) is 4.62. The molecule has 3 aromatic rings. The molecule has 0 aliphatic carbocycles. The Hall–Kier alpha value is -2.98. The van der Waals surface area contributed by atoms with Gasteiger partial charge in [0.2, 0.25) is 0 Å². The van der Waals surface area contributed by atoms with Crippen molar-refractivity contribution in [3.8, 4) is 0 Å². The Labute approximate surface area is 155 Å². The van der Waals surface area contributed by atoms with E-state index in [1.54, 1.807) is 32.0 Å². The fraction of sp³-hybridized carbons (Fsp3) is 0.235. The Morgan fingerprint density at radius 3 is 2.52 bits per heavy atom. The summed E-state index contributed by atoms with van der Waals surface area (Å²) in [5.41, 5.74) is -1.01. The lowest BCUT2D eigenvalue weighted by Gasteiger charge is -2.25. The van der Waals surface area contributed by atoms with Crippen LogP contribution in [0.4, 0.5) is 11.4 Å². The second-order valence-corrected chi connectivity index (χ2v) is 8.42. The lowest BCUT2D eigenvalue weighted by Crippen LogP contribution is -2.35. The van der Waals surface area contributed by atoms with Crippen molar-refractivity contribution in [2.45, 2.75) is 24.3 Å². The highest BCUT2D eigenvalue weighted by atomic mass is 32.2. The number of nitrogens with one attached hydrogen (secondary N) is 1. The molecule has 0 radical (unpaired) electrons. The number of aliphatic hydroxyl groups is 1. The number of pyridine rings is 1. The van der Waals surface area contributed by atoms with E-state index in [0.29, 0.717) is 0 Å². The summed E-state index contributed by atoms with van der Waals surface area (Å²) in [6, 6.07) is 9.28. The maximum absolute atomic E-state index is 12.9. The molecule has 3 rings (SSSR count). The van der Waals surface area contributed by atoms with Gasteiger partial charge in [0.15, 0.2) is 5.65 Å². The number of aromatic nitrogens is 2. The fourth-order valence-electron chi connectivity index (χ4n) is 2.60. The maximum atomic E-state index is 12.9. The van der Waals surface area contributed by atoms with Gasteiger partial charge in [0, 0.05) is 6.20 Å². The van der Waals surface area contributed by atoms with Gasteiger partial charge < -0.3 is 10.4 Å². The molecule has 0 saturated carbocycles. The van der Waals surface area contributed by atoms with Crippen molar-refractivity contribution in [2.75, 3.05) is 11.9 Å². The fourth-order valence-corrected chi connectivity index (χ4v) is 3.92. The summed E-state index contributed by atoms with van der Waals surface area (Å²) in [4.78, 5) is 14.9. The van der Waals surface area contributed by atoms with Gasteiger partial charge in [-0.2, -0.15) is 0 Å². The van der Waals surface area contributed by atoms with Gasteiger partial charge in [-0.1, -0.05) is 18.2 Å². The molecule has 27 heavy (non-hydrogen) atoms. The number of nitrogens with zero attached hydrogens (tertiary/aromatic N) is 3. The topological polar surface area (TPSA) is 127 Å². The molecular formula is C17H18N4O5S. The third kappa shape index (κ3) is 3.36. The van der Waals surface area contributed by atoms with Crippen LogP contribution in [0.1, 0.15) is 13.8 Å². The molecule has 0 unspecified atom stereocenters. The lowest BCUT2D eigenvalue weighted by molar-refractivity contribution is -0.384. The summed E-state index contributed by atoms with van der Waals surface area (Å²) in [7, 11) is -3.91. The summed E-state index contributed by atoms with van der Waals surface area (Å²) >= 11 is 0. The SMILES string of the molecule is CC(C)(CO)Nc1c([N+](=O)[O-])cnc2c1ccn2S(=O)(=O)c1ccccc1. The molecule has 2 N–H and O–H groups in total. The molecule has 2 aromatic heterocycles. The molecule has 2 heterocycles. The smallest absolute Gasteiger partial charge is 0.311 e. The number of nitro groups is 1. The molecule has 0 aliphatic heterocycles. The van der Waals surface area contributed by atoms with Crippen LogP contribution in [0.25, 0.3) is 11.0 Å². The van der Waals surface area contributed by atoms with Gasteiger partial charge in [-0.05, 0) is 32.0 Å². The molecule has 9 nitrogen and oxygen atoms in total. The highest BCUT2D eigenvalue weighted by molar-refractivity contribution is 7.90. The normalized spacial score (nSPS) is 12.3. The van der Waals surface area contributed by atoms with Crippen LogP contribution in [0.5, 0.6) is 0 Å². The zero-order valence-electron chi connectivity index (χ0n) is 14.7. The molecule has 10 heteroatoms. The van der Waals surface area contributed by atoms with Crippen molar-refractivity contribution >= 4 is 32.4 Å². The van der Waals surface area contributed by atoms with Crippen molar-refractivity contribution in [3.63, 3.8) is 0 Å². The van der Waals surface area contributed by atoms with Crippen molar-refractivity contribution in [1.82, 2.24) is 8.96 Å². The van der Waals surface area contributed by atoms with Crippen LogP contribution < -0.4 is 5.32 Å². The van der Waals surface area contributed by atoms with E-state index in [1.807, 2.05) is 0 Å². The minimum Gasteiger partial charge on any atom is -0.394 e. The number of hydrogen-bond acceptors (Lipinski definition) is 7. The van der Waals surface area contributed by atoms with Crippen molar-refractivity contribution in [1.29, 1.82) is 0 Å². The van der Waals surface area contributed by atoms with E-state index in [4.69, 9.17) is 0 Å². The maximum Gasteiger partial charge on any atom is 0.311 e. The average molecular weight is 390 g/mol. The quantitative estimate of drug-likeness (QED) is 0.488. The van der Waals surface area contributed by atoms with Gasteiger partial charge in [0.1, 0.15) is 11.9 Å². The lowest BCUT2D eigenvalue weighted by atomic mass is 10.1. The predicted molar refractivity (Wildman–Crippen MR) is 100 cm³/mol. The average Bonchev–Trinajstić information content (AvgIpc) is 3.07. The predicted octanol–water partition coefficient (Wildman–Crippen LogP) is 2.36.